The van der Waals surface area contributed by atoms with Gasteiger partial charge in [-0.05, 0) is 44.0 Å². The van der Waals surface area contributed by atoms with E-state index in [9.17, 15) is 0 Å². The number of unbranched alkanes of at least 4 members (excludes halogenated alkanes) is 1. The third-order valence-corrected chi connectivity index (χ3v) is 3.35. The van der Waals surface area contributed by atoms with Crippen molar-refractivity contribution in [3.8, 4) is 11.5 Å². The fourth-order valence-corrected chi connectivity index (χ4v) is 2.11. The second-order valence-corrected chi connectivity index (χ2v) is 4.94. The molecule has 1 aromatic carbocycles. The number of methoxy groups -OCH3 is 2. The van der Waals surface area contributed by atoms with Crippen LogP contribution in [0.5, 0.6) is 11.5 Å². The zero-order chi connectivity index (χ0) is 14.1. The summed E-state index contributed by atoms with van der Waals surface area (Å²) in [4.78, 5) is 0. The van der Waals surface area contributed by atoms with Crippen LogP contribution in [0.25, 0.3) is 0 Å². The van der Waals surface area contributed by atoms with E-state index in [4.69, 9.17) is 9.47 Å². The van der Waals surface area contributed by atoms with E-state index >= 15 is 0 Å². The van der Waals surface area contributed by atoms with Crippen LogP contribution in [-0.4, -0.2) is 26.8 Å². The van der Waals surface area contributed by atoms with Crippen molar-refractivity contribution in [2.75, 3.05) is 20.8 Å². The minimum Gasteiger partial charge on any atom is -0.493 e. The van der Waals surface area contributed by atoms with Gasteiger partial charge in [-0.15, -0.1) is 0 Å². The van der Waals surface area contributed by atoms with E-state index in [1.165, 1.54) is 24.8 Å². The lowest BCUT2D eigenvalue weighted by Gasteiger charge is -2.14. The molecule has 0 spiro atoms. The molecule has 0 heterocycles. The molecule has 1 unspecified atom stereocenters. The molecule has 19 heavy (non-hydrogen) atoms. The number of benzene rings is 1. The van der Waals surface area contributed by atoms with Crippen molar-refractivity contribution in [2.45, 2.75) is 45.6 Å². The number of nitrogens with one attached hydrogen (secondary N) is 1. The Kier molecular flexibility index (Phi) is 7.34. The first kappa shape index (κ1) is 15.8. The molecule has 0 fully saturated rings. The maximum Gasteiger partial charge on any atom is 0.160 e. The van der Waals surface area contributed by atoms with Crippen LogP contribution in [0.15, 0.2) is 18.2 Å². The highest BCUT2D eigenvalue weighted by molar-refractivity contribution is 5.42. The number of ether oxygens (including phenoxy) is 2. The van der Waals surface area contributed by atoms with Crippen molar-refractivity contribution in [3.63, 3.8) is 0 Å². The number of hydrogen-bond donors (Lipinski definition) is 1. The highest BCUT2D eigenvalue weighted by Gasteiger charge is 2.05. The molecule has 1 atom stereocenters. The summed E-state index contributed by atoms with van der Waals surface area (Å²) >= 11 is 0. The van der Waals surface area contributed by atoms with E-state index in [0.717, 1.165) is 24.5 Å². The molecule has 0 saturated carbocycles. The van der Waals surface area contributed by atoms with Crippen molar-refractivity contribution in [1.29, 1.82) is 0 Å². The van der Waals surface area contributed by atoms with Gasteiger partial charge in [-0.3, -0.25) is 0 Å². The van der Waals surface area contributed by atoms with Gasteiger partial charge < -0.3 is 14.8 Å². The van der Waals surface area contributed by atoms with Gasteiger partial charge in [0.1, 0.15) is 0 Å². The summed E-state index contributed by atoms with van der Waals surface area (Å²) in [5.74, 6) is 1.59. The molecule has 108 valence electrons. The lowest BCUT2D eigenvalue weighted by Crippen LogP contribution is -2.27. The third kappa shape index (κ3) is 5.52. The second kappa shape index (κ2) is 8.81. The molecule has 3 heteroatoms. The molecule has 0 aliphatic rings. The molecule has 0 bridgehead atoms. The van der Waals surface area contributed by atoms with Gasteiger partial charge in [-0.1, -0.05) is 25.8 Å². The fraction of sp³-hybridized carbons (Fsp3) is 0.625. The third-order valence-electron chi connectivity index (χ3n) is 3.35. The molecule has 0 amide bonds. The molecule has 1 N–H and O–H groups in total. The molecule has 0 radical (unpaired) electrons. The largest absolute Gasteiger partial charge is 0.493 e. The van der Waals surface area contributed by atoms with Crippen LogP contribution in [0, 0.1) is 0 Å². The Balaban J connectivity index is 2.41. The summed E-state index contributed by atoms with van der Waals surface area (Å²) < 4.78 is 10.5. The van der Waals surface area contributed by atoms with Crippen LogP contribution in [0.2, 0.25) is 0 Å². The lowest BCUT2D eigenvalue weighted by atomic mass is 10.1. The summed E-state index contributed by atoms with van der Waals surface area (Å²) in [6.45, 7) is 5.49. The van der Waals surface area contributed by atoms with Gasteiger partial charge in [0.15, 0.2) is 11.5 Å². The van der Waals surface area contributed by atoms with E-state index < -0.39 is 0 Å². The Bertz CT molecular complexity index is 366. The van der Waals surface area contributed by atoms with Crippen LogP contribution in [0.4, 0.5) is 0 Å². The van der Waals surface area contributed by atoms with Gasteiger partial charge in [-0.2, -0.15) is 0 Å². The zero-order valence-corrected chi connectivity index (χ0v) is 12.7. The topological polar surface area (TPSA) is 30.5 Å². The average molecular weight is 265 g/mol. The van der Waals surface area contributed by atoms with Crippen LogP contribution in [-0.2, 0) is 6.42 Å². The van der Waals surface area contributed by atoms with Crippen molar-refractivity contribution in [1.82, 2.24) is 5.32 Å². The van der Waals surface area contributed by atoms with Gasteiger partial charge in [0, 0.05) is 6.04 Å². The van der Waals surface area contributed by atoms with Gasteiger partial charge in [0.05, 0.1) is 14.2 Å². The first-order valence-electron chi connectivity index (χ1n) is 7.15. The average Bonchev–Trinajstić information content (AvgIpc) is 2.44. The highest BCUT2D eigenvalue weighted by Crippen LogP contribution is 2.27. The van der Waals surface area contributed by atoms with Crippen LogP contribution >= 0.6 is 0 Å². The van der Waals surface area contributed by atoms with Crippen LogP contribution in [0.3, 0.4) is 0 Å². The second-order valence-electron chi connectivity index (χ2n) is 4.94. The predicted octanol–water partition coefficient (Wildman–Crippen LogP) is 3.41. The maximum absolute atomic E-state index is 5.31. The number of hydrogen-bond acceptors (Lipinski definition) is 3. The quantitative estimate of drug-likeness (QED) is 0.742. The minimum absolute atomic E-state index is 0.597. The highest BCUT2D eigenvalue weighted by atomic mass is 16.5. The first-order valence-corrected chi connectivity index (χ1v) is 7.15. The summed E-state index contributed by atoms with van der Waals surface area (Å²) in [6, 6.07) is 6.71. The molecule has 0 aliphatic heterocycles. The fourth-order valence-electron chi connectivity index (χ4n) is 2.11. The predicted molar refractivity (Wildman–Crippen MR) is 80.2 cm³/mol. The Morgan fingerprint density at radius 1 is 1.16 bits per heavy atom. The Morgan fingerprint density at radius 3 is 2.53 bits per heavy atom. The monoisotopic (exact) mass is 265 g/mol. The summed E-state index contributed by atoms with van der Waals surface area (Å²) in [6.07, 6.45) is 4.82. The smallest absolute Gasteiger partial charge is 0.160 e. The van der Waals surface area contributed by atoms with Crippen molar-refractivity contribution in [3.05, 3.63) is 23.8 Å². The molecular weight excluding hydrogens is 238 g/mol. The Labute approximate surface area is 117 Å². The van der Waals surface area contributed by atoms with Crippen LogP contribution < -0.4 is 14.8 Å². The van der Waals surface area contributed by atoms with E-state index in [1.54, 1.807) is 14.2 Å². The summed E-state index contributed by atoms with van der Waals surface area (Å²) in [5, 5.41) is 3.56. The minimum atomic E-state index is 0.597. The molecule has 1 rings (SSSR count). The molecule has 1 aromatic rings. The van der Waals surface area contributed by atoms with Crippen molar-refractivity contribution >= 4 is 0 Å². The van der Waals surface area contributed by atoms with E-state index in [-0.39, 0.29) is 0 Å². The Morgan fingerprint density at radius 2 is 1.89 bits per heavy atom. The normalized spacial score (nSPS) is 12.2. The molecular formula is C16H27NO2. The summed E-state index contributed by atoms with van der Waals surface area (Å²) in [5.41, 5.74) is 1.27. The van der Waals surface area contributed by atoms with Gasteiger partial charge in [0.25, 0.3) is 0 Å². The van der Waals surface area contributed by atoms with Gasteiger partial charge in [0.2, 0.25) is 0 Å². The van der Waals surface area contributed by atoms with E-state index in [2.05, 4.69) is 31.3 Å². The molecule has 0 aliphatic carbocycles. The van der Waals surface area contributed by atoms with E-state index in [1.807, 2.05) is 6.07 Å². The standard InChI is InChI=1S/C16H27NO2/c1-5-6-7-13(2)17-11-10-14-8-9-15(18-3)16(12-14)19-4/h8-9,12-13,17H,5-7,10-11H2,1-4H3. The number of rotatable bonds is 9. The molecule has 0 saturated heterocycles. The maximum atomic E-state index is 5.31. The van der Waals surface area contributed by atoms with Crippen molar-refractivity contribution < 1.29 is 9.47 Å². The molecule has 3 nitrogen and oxygen atoms in total. The van der Waals surface area contributed by atoms with E-state index in [0.29, 0.717) is 6.04 Å². The lowest BCUT2D eigenvalue weighted by molar-refractivity contribution is 0.354. The van der Waals surface area contributed by atoms with Crippen LogP contribution in [0.1, 0.15) is 38.7 Å². The van der Waals surface area contributed by atoms with Gasteiger partial charge in [-0.25, -0.2) is 0 Å². The van der Waals surface area contributed by atoms with Gasteiger partial charge >= 0.3 is 0 Å². The Hall–Kier alpha value is -1.22. The first-order chi connectivity index (χ1) is 9.21. The SMILES string of the molecule is CCCCC(C)NCCc1ccc(OC)c(OC)c1. The summed E-state index contributed by atoms with van der Waals surface area (Å²) in [7, 11) is 3.33. The molecule has 0 aromatic heterocycles. The zero-order valence-electron chi connectivity index (χ0n) is 12.7. The van der Waals surface area contributed by atoms with Crippen molar-refractivity contribution in [2.24, 2.45) is 0 Å².